The van der Waals surface area contributed by atoms with Gasteiger partial charge < -0.3 is 10.0 Å². The van der Waals surface area contributed by atoms with Gasteiger partial charge in [0.25, 0.3) is 0 Å². The lowest BCUT2D eigenvalue weighted by atomic mass is 9.90. The highest BCUT2D eigenvalue weighted by atomic mass is 16.4. The summed E-state index contributed by atoms with van der Waals surface area (Å²) in [6.07, 6.45) is 4.05. The van der Waals surface area contributed by atoms with Gasteiger partial charge in [-0.25, -0.2) is 9.97 Å². The summed E-state index contributed by atoms with van der Waals surface area (Å²) in [5.74, 6) is 0.724. The SMILES string of the molecule is Cc1nc(-c2ccncc2)nc(N2CCC(C)(C(=O)O)C2)c1C. The maximum absolute atomic E-state index is 11.5. The Morgan fingerprint density at radius 1 is 1.26 bits per heavy atom. The summed E-state index contributed by atoms with van der Waals surface area (Å²) in [5, 5.41) is 9.43. The number of carboxylic acids is 1. The number of rotatable bonds is 3. The molecule has 2 aromatic heterocycles. The van der Waals surface area contributed by atoms with Crippen LogP contribution in [0.4, 0.5) is 5.82 Å². The van der Waals surface area contributed by atoms with Crippen LogP contribution in [-0.2, 0) is 4.79 Å². The first-order chi connectivity index (χ1) is 10.9. The van der Waals surface area contributed by atoms with E-state index < -0.39 is 11.4 Å². The third-order valence-corrected chi connectivity index (χ3v) is 4.59. The van der Waals surface area contributed by atoms with Crippen LogP contribution in [0.5, 0.6) is 0 Å². The van der Waals surface area contributed by atoms with E-state index in [2.05, 4.69) is 14.9 Å². The number of carbonyl (C=O) groups is 1. The van der Waals surface area contributed by atoms with Gasteiger partial charge in [0, 0.05) is 42.3 Å². The van der Waals surface area contributed by atoms with E-state index in [0.29, 0.717) is 25.3 Å². The fourth-order valence-corrected chi connectivity index (χ4v) is 2.87. The van der Waals surface area contributed by atoms with Crippen LogP contribution in [0, 0.1) is 19.3 Å². The number of aryl methyl sites for hydroxylation is 1. The van der Waals surface area contributed by atoms with Crippen LogP contribution in [-0.4, -0.2) is 39.1 Å². The maximum atomic E-state index is 11.5. The van der Waals surface area contributed by atoms with Crippen molar-refractivity contribution in [2.45, 2.75) is 27.2 Å². The normalized spacial score (nSPS) is 20.7. The lowest BCUT2D eigenvalue weighted by Crippen LogP contribution is -2.32. The van der Waals surface area contributed by atoms with Crippen LogP contribution in [0.1, 0.15) is 24.6 Å². The number of hydrogen-bond acceptors (Lipinski definition) is 5. The van der Waals surface area contributed by atoms with Gasteiger partial charge in [0.05, 0.1) is 5.41 Å². The molecule has 120 valence electrons. The Morgan fingerprint density at radius 3 is 2.57 bits per heavy atom. The van der Waals surface area contributed by atoms with E-state index in [-0.39, 0.29) is 0 Å². The topological polar surface area (TPSA) is 79.2 Å². The van der Waals surface area contributed by atoms with Gasteiger partial charge >= 0.3 is 5.97 Å². The average Bonchev–Trinajstić information content (AvgIpc) is 2.94. The number of pyridine rings is 1. The molecule has 0 saturated carbocycles. The second-order valence-corrected chi connectivity index (χ2v) is 6.35. The van der Waals surface area contributed by atoms with Crippen molar-refractivity contribution >= 4 is 11.8 Å². The van der Waals surface area contributed by atoms with E-state index in [1.54, 1.807) is 19.3 Å². The molecule has 0 aromatic carbocycles. The van der Waals surface area contributed by atoms with E-state index in [0.717, 1.165) is 22.6 Å². The molecule has 6 nitrogen and oxygen atoms in total. The summed E-state index contributed by atoms with van der Waals surface area (Å²) in [5.41, 5.74) is 2.09. The van der Waals surface area contributed by atoms with E-state index in [9.17, 15) is 9.90 Å². The lowest BCUT2D eigenvalue weighted by molar-refractivity contribution is -0.146. The highest BCUT2D eigenvalue weighted by Gasteiger charge is 2.41. The smallest absolute Gasteiger partial charge is 0.311 e. The van der Waals surface area contributed by atoms with Crippen molar-refractivity contribution in [1.29, 1.82) is 0 Å². The number of hydrogen-bond donors (Lipinski definition) is 1. The molecule has 2 aromatic rings. The molecular weight excluding hydrogens is 292 g/mol. The zero-order valence-corrected chi connectivity index (χ0v) is 13.6. The van der Waals surface area contributed by atoms with Gasteiger partial charge in [-0.2, -0.15) is 0 Å². The number of aliphatic carboxylic acids is 1. The summed E-state index contributed by atoms with van der Waals surface area (Å²) in [7, 11) is 0. The predicted molar refractivity (Wildman–Crippen MR) is 87.3 cm³/mol. The molecule has 3 heterocycles. The molecule has 1 saturated heterocycles. The lowest BCUT2D eigenvalue weighted by Gasteiger charge is -2.23. The summed E-state index contributed by atoms with van der Waals surface area (Å²) < 4.78 is 0. The van der Waals surface area contributed by atoms with E-state index >= 15 is 0 Å². The molecule has 1 aliphatic rings. The highest BCUT2D eigenvalue weighted by molar-refractivity contribution is 5.76. The van der Waals surface area contributed by atoms with Crippen molar-refractivity contribution in [2.75, 3.05) is 18.0 Å². The Bertz CT molecular complexity index is 748. The highest BCUT2D eigenvalue weighted by Crippen LogP contribution is 2.35. The Balaban J connectivity index is 2.00. The quantitative estimate of drug-likeness (QED) is 0.938. The molecule has 0 amide bonds. The van der Waals surface area contributed by atoms with E-state index in [4.69, 9.17) is 4.98 Å². The summed E-state index contributed by atoms with van der Waals surface area (Å²) in [6.45, 7) is 6.89. The van der Waals surface area contributed by atoms with Crippen molar-refractivity contribution in [2.24, 2.45) is 5.41 Å². The number of carboxylic acid groups (broad SMARTS) is 1. The third-order valence-electron chi connectivity index (χ3n) is 4.59. The summed E-state index contributed by atoms with van der Waals surface area (Å²) in [4.78, 5) is 26.8. The third kappa shape index (κ3) is 2.76. The minimum absolute atomic E-state index is 0.468. The van der Waals surface area contributed by atoms with Gasteiger partial charge in [0.2, 0.25) is 0 Å². The molecule has 1 fully saturated rings. The monoisotopic (exact) mass is 312 g/mol. The molecule has 3 rings (SSSR count). The van der Waals surface area contributed by atoms with Gasteiger partial charge in [-0.3, -0.25) is 9.78 Å². The van der Waals surface area contributed by atoms with Crippen LogP contribution < -0.4 is 4.90 Å². The largest absolute Gasteiger partial charge is 0.481 e. The number of nitrogens with zero attached hydrogens (tertiary/aromatic N) is 4. The first-order valence-corrected chi connectivity index (χ1v) is 7.65. The molecule has 23 heavy (non-hydrogen) atoms. The summed E-state index contributed by atoms with van der Waals surface area (Å²) >= 11 is 0. The van der Waals surface area contributed by atoms with Gasteiger partial charge in [0.15, 0.2) is 5.82 Å². The molecule has 0 spiro atoms. The molecule has 1 unspecified atom stereocenters. The van der Waals surface area contributed by atoms with Crippen LogP contribution in [0.15, 0.2) is 24.5 Å². The molecule has 1 aliphatic heterocycles. The summed E-state index contributed by atoms with van der Waals surface area (Å²) in [6, 6.07) is 3.75. The van der Waals surface area contributed by atoms with Crippen LogP contribution in [0.25, 0.3) is 11.4 Å². The standard InChI is InChI=1S/C17H20N4O2/c1-11-12(2)19-14(13-4-7-18-8-5-13)20-15(11)21-9-6-17(3,10-21)16(22)23/h4-5,7-8H,6,9-10H2,1-3H3,(H,22,23). The minimum Gasteiger partial charge on any atom is -0.481 e. The number of anilines is 1. The zero-order chi connectivity index (χ0) is 16.6. The van der Waals surface area contributed by atoms with Gasteiger partial charge in [-0.05, 0) is 39.3 Å². The minimum atomic E-state index is -0.752. The Kier molecular flexibility index (Phi) is 3.75. The van der Waals surface area contributed by atoms with Crippen molar-refractivity contribution < 1.29 is 9.90 Å². The molecular formula is C17H20N4O2. The van der Waals surface area contributed by atoms with Crippen LogP contribution in [0.3, 0.4) is 0 Å². The van der Waals surface area contributed by atoms with Crippen LogP contribution in [0.2, 0.25) is 0 Å². The van der Waals surface area contributed by atoms with Crippen molar-refractivity contribution in [3.63, 3.8) is 0 Å². The Labute approximate surface area is 135 Å². The van der Waals surface area contributed by atoms with Gasteiger partial charge in [-0.15, -0.1) is 0 Å². The fourth-order valence-electron chi connectivity index (χ4n) is 2.87. The molecule has 0 aliphatic carbocycles. The van der Waals surface area contributed by atoms with E-state index in [1.807, 2.05) is 26.0 Å². The first-order valence-electron chi connectivity index (χ1n) is 7.65. The van der Waals surface area contributed by atoms with Gasteiger partial charge in [-0.1, -0.05) is 0 Å². The average molecular weight is 312 g/mol. The molecule has 1 N–H and O–H groups in total. The number of aromatic nitrogens is 3. The molecule has 6 heteroatoms. The van der Waals surface area contributed by atoms with E-state index in [1.165, 1.54) is 0 Å². The predicted octanol–water partition coefficient (Wildman–Crippen LogP) is 2.46. The van der Waals surface area contributed by atoms with Crippen LogP contribution >= 0.6 is 0 Å². The molecule has 1 atom stereocenters. The fraction of sp³-hybridized carbons (Fsp3) is 0.412. The maximum Gasteiger partial charge on any atom is 0.311 e. The van der Waals surface area contributed by atoms with Crippen molar-refractivity contribution in [3.05, 3.63) is 35.8 Å². The van der Waals surface area contributed by atoms with Crippen molar-refractivity contribution in [1.82, 2.24) is 15.0 Å². The zero-order valence-electron chi connectivity index (χ0n) is 13.6. The first kappa shape index (κ1) is 15.4. The second kappa shape index (κ2) is 5.61. The molecule has 0 radical (unpaired) electrons. The van der Waals surface area contributed by atoms with Gasteiger partial charge in [0.1, 0.15) is 5.82 Å². The second-order valence-electron chi connectivity index (χ2n) is 6.35. The Hall–Kier alpha value is -2.50. The molecule has 0 bridgehead atoms. The Morgan fingerprint density at radius 2 is 1.96 bits per heavy atom. The van der Waals surface area contributed by atoms with Crippen molar-refractivity contribution in [3.8, 4) is 11.4 Å².